The molecule has 0 atom stereocenters. The Bertz CT molecular complexity index is 3030. The minimum Gasteiger partial charge on any atom is -0.309 e. The summed E-state index contributed by atoms with van der Waals surface area (Å²) < 4.78 is 7.55. The normalized spacial score (nSPS) is 11.9. The molecule has 238 valence electrons. The van der Waals surface area contributed by atoms with Gasteiger partial charge in [0.1, 0.15) is 0 Å². The standard InChI is InChI=1S/C45H26N4S2/c1-3-11-27(12-4-1)43-46-44(28-13-5-2-6-14-28)48-45(47-43)29-19-22-39-35(25-29)41-40(50-39)24-21-33-34-26-30(20-23-38(34)51-42(33)41)49-36-17-9-7-15-31(36)32-16-8-10-18-37(32)49/h1-26H. The van der Waals surface area contributed by atoms with Crippen molar-refractivity contribution in [3.05, 3.63) is 158 Å². The summed E-state index contributed by atoms with van der Waals surface area (Å²) in [7, 11) is 0. The molecule has 0 saturated carbocycles. The summed E-state index contributed by atoms with van der Waals surface area (Å²) >= 11 is 3.72. The molecule has 0 fully saturated rings. The van der Waals surface area contributed by atoms with Gasteiger partial charge in [-0.3, -0.25) is 0 Å². The summed E-state index contributed by atoms with van der Waals surface area (Å²) in [6.07, 6.45) is 0. The minimum absolute atomic E-state index is 0.667. The van der Waals surface area contributed by atoms with Gasteiger partial charge in [0, 0.05) is 73.5 Å². The van der Waals surface area contributed by atoms with Gasteiger partial charge in [-0.2, -0.15) is 0 Å². The van der Waals surface area contributed by atoms with Crippen LogP contribution in [0.4, 0.5) is 0 Å². The highest BCUT2D eigenvalue weighted by atomic mass is 32.1. The summed E-state index contributed by atoms with van der Waals surface area (Å²) in [5.74, 6) is 2.00. The number of fused-ring (bicyclic) bond motifs is 10. The molecule has 0 aliphatic carbocycles. The van der Waals surface area contributed by atoms with Gasteiger partial charge in [0.2, 0.25) is 0 Å². The summed E-state index contributed by atoms with van der Waals surface area (Å²) in [5.41, 5.74) is 6.53. The van der Waals surface area contributed by atoms with Crippen LogP contribution in [0.1, 0.15) is 0 Å². The van der Waals surface area contributed by atoms with Crippen molar-refractivity contribution in [1.29, 1.82) is 0 Å². The number of nitrogens with zero attached hydrogens (tertiary/aromatic N) is 4. The molecule has 11 rings (SSSR count). The van der Waals surface area contributed by atoms with Crippen molar-refractivity contribution in [3.63, 3.8) is 0 Å². The van der Waals surface area contributed by atoms with Gasteiger partial charge in [0.15, 0.2) is 17.5 Å². The summed E-state index contributed by atoms with van der Waals surface area (Å²) in [6, 6.07) is 55.9. The van der Waals surface area contributed by atoms with Crippen LogP contribution in [0.2, 0.25) is 0 Å². The zero-order chi connectivity index (χ0) is 33.5. The lowest BCUT2D eigenvalue weighted by Gasteiger charge is -2.08. The van der Waals surface area contributed by atoms with Crippen LogP contribution in [0.25, 0.3) is 102 Å². The molecule has 0 amide bonds. The Morgan fingerprint density at radius 1 is 0.373 bits per heavy atom. The molecule has 51 heavy (non-hydrogen) atoms. The molecule has 0 bridgehead atoms. The maximum atomic E-state index is 5.03. The molecule has 0 aliphatic rings. The van der Waals surface area contributed by atoms with E-state index >= 15 is 0 Å². The molecular weight excluding hydrogens is 661 g/mol. The lowest BCUT2D eigenvalue weighted by atomic mass is 10.1. The van der Waals surface area contributed by atoms with E-state index < -0.39 is 0 Å². The van der Waals surface area contributed by atoms with Crippen LogP contribution >= 0.6 is 22.7 Å². The Balaban J connectivity index is 1.11. The number of hydrogen-bond acceptors (Lipinski definition) is 5. The smallest absolute Gasteiger partial charge is 0.164 e. The van der Waals surface area contributed by atoms with E-state index in [0.717, 1.165) is 16.7 Å². The molecule has 6 heteroatoms. The summed E-state index contributed by atoms with van der Waals surface area (Å²) in [4.78, 5) is 15.0. The molecule has 4 heterocycles. The molecule has 4 nitrogen and oxygen atoms in total. The van der Waals surface area contributed by atoms with E-state index in [4.69, 9.17) is 15.0 Å². The van der Waals surface area contributed by atoms with E-state index in [-0.39, 0.29) is 0 Å². The number of aromatic nitrogens is 4. The van der Waals surface area contributed by atoms with Gasteiger partial charge in [-0.05, 0) is 54.6 Å². The van der Waals surface area contributed by atoms with Crippen molar-refractivity contribution in [2.45, 2.75) is 0 Å². The highest BCUT2D eigenvalue weighted by Gasteiger charge is 2.18. The fourth-order valence-electron chi connectivity index (χ4n) is 7.50. The van der Waals surface area contributed by atoms with Crippen LogP contribution in [0.3, 0.4) is 0 Å². The van der Waals surface area contributed by atoms with E-state index in [1.165, 1.54) is 67.8 Å². The fourth-order valence-corrected chi connectivity index (χ4v) is 9.90. The Labute approximate surface area is 300 Å². The highest BCUT2D eigenvalue weighted by molar-refractivity contribution is 7.29. The Hall–Kier alpha value is -6.21. The first-order valence-corrected chi connectivity index (χ1v) is 18.6. The second-order valence-electron chi connectivity index (χ2n) is 12.8. The van der Waals surface area contributed by atoms with Gasteiger partial charge in [-0.25, -0.2) is 15.0 Å². The zero-order valence-corrected chi connectivity index (χ0v) is 28.7. The van der Waals surface area contributed by atoms with Crippen molar-refractivity contribution < 1.29 is 0 Å². The predicted molar refractivity (Wildman–Crippen MR) is 216 cm³/mol. The van der Waals surface area contributed by atoms with Crippen molar-refractivity contribution in [2.24, 2.45) is 0 Å². The lowest BCUT2D eigenvalue weighted by Crippen LogP contribution is -2.00. The van der Waals surface area contributed by atoms with Crippen LogP contribution in [0, 0.1) is 0 Å². The van der Waals surface area contributed by atoms with E-state index in [1.807, 2.05) is 83.3 Å². The first-order chi connectivity index (χ1) is 25.3. The number of hydrogen-bond donors (Lipinski definition) is 0. The summed E-state index contributed by atoms with van der Waals surface area (Å²) in [5, 5.41) is 7.65. The molecule has 0 aliphatic heterocycles. The second-order valence-corrected chi connectivity index (χ2v) is 15.0. The number of thiophene rings is 2. The van der Waals surface area contributed by atoms with Crippen molar-refractivity contribution in [1.82, 2.24) is 19.5 Å². The van der Waals surface area contributed by atoms with Gasteiger partial charge in [-0.15, -0.1) is 22.7 Å². The second kappa shape index (κ2) is 11.2. The summed E-state index contributed by atoms with van der Waals surface area (Å²) in [6.45, 7) is 0. The topological polar surface area (TPSA) is 43.6 Å². The van der Waals surface area contributed by atoms with Crippen molar-refractivity contribution in [2.75, 3.05) is 0 Å². The van der Waals surface area contributed by atoms with E-state index in [2.05, 4.69) is 102 Å². The first kappa shape index (κ1) is 28.6. The van der Waals surface area contributed by atoms with Gasteiger partial charge in [0.05, 0.1) is 11.0 Å². The number of rotatable bonds is 4. The van der Waals surface area contributed by atoms with E-state index in [9.17, 15) is 0 Å². The Kier molecular flexibility index (Phi) is 6.26. The van der Waals surface area contributed by atoms with Crippen LogP contribution in [-0.4, -0.2) is 19.5 Å². The quantitative estimate of drug-likeness (QED) is 0.185. The minimum atomic E-state index is 0.667. The van der Waals surface area contributed by atoms with Crippen molar-refractivity contribution >= 4 is 84.8 Å². The van der Waals surface area contributed by atoms with E-state index in [1.54, 1.807) is 0 Å². The third-order valence-electron chi connectivity index (χ3n) is 9.85. The lowest BCUT2D eigenvalue weighted by molar-refractivity contribution is 1.07. The fraction of sp³-hybridized carbons (Fsp3) is 0. The Morgan fingerprint density at radius 3 is 1.59 bits per heavy atom. The monoisotopic (exact) mass is 686 g/mol. The van der Waals surface area contributed by atoms with Crippen LogP contribution in [-0.2, 0) is 0 Å². The molecule has 4 aromatic heterocycles. The number of benzene rings is 7. The SMILES string of the molecule is c1ccc(-c2nc(-c3ccccc3)nc(-c3ccc4sc5ccc6c7cc(-n8c9ccccc9c9ccccc98)ccc7sc6c5c4c3)n2)cc1. The van der Waals surface area contributed by atoms with Gasteiger partial charge in [0.25, 0.3) is 0 Å². The molecule has 0 spiro atoms. The van der Waals surface area contributed by atoms with Crippen molar-refractivity contribution in [3.8, 4) is 39.9 Å². The van der Waals surface area contributed by atoms with Crippen LogP contribution in [0.5, 0.6) is 0 Å². The Morgan fingerprint density at radius 2 is 0.922 bits per heavy atom. The third kappa shape index (κ3) is 4.47. The predicted octanol–water partition coefficient (Wildman–Crippen LogP) is 12.7. The van der Waals surface area contributed by atoms with Crippen LogP contribution < -0.4 is 0 Å². The molecule has 11 aromatic rings. The first-order valence-electron chi connectivity index (χ1n) is 16.9. The third-order valence-corrected chi connectivity index (χ3v) is 12.2. The molecule has 0 unspecified atom stereocenters. The maximum Gasteiger partial charge on any atom is 0.164 e. The van der Waals surface area contributed by atoms with E-state index in [0.29, 0.717) is 17.5 Å². The molecule has 0 saturated heterocycles. The van der Waals surface area contributed by atoms with Crippen LogP contribution in [0.15, 0.2) is 158 Å². The van der Waals surface area contributed by atoms with Gasteiger partial charge < -0.3 is 4.57 Å². The molecule has 7 aromatic carbocycles. The van der Waals surface area contributed by atoms with Gasteiger partial charge in [-0.1, -0.05) is 103 Å². The largest absolute Gasteiger partial charge is 0.309 e. The number of para-hydroxylation sites is 2. The molecular formula is C45H26N4S2. The maximum absolute atomic E-state index is 5.03. The zero-order valence-electron chi connectivity index (χ0n) is 27.1. The average Bonchev–Trinajstić information content (AvgIpc) is 3.87. The highest BCUT2D eigenvalue weighted by Crippen LogP contribution is 2.46. The van der Waals surface area contributed by atoms with Gasteiger partial charge >= 0.3 is 0 Å². The average molecular weight is 687 g/mol. The molecule has 0 radical (unpaired) electrons. The molecule has 0 N–H and O–H groups in total.